The Labute approximate surface area is 95.9 Å². The quantitative estimate of drug-likeness (QED) is 0.708. The molecule has 0 fully saturated rings. The zero-order chi connectivity index (χ0) is 9.97. The van der Waals surface area contributed by atoms with Crippen molar-refractivity contribution in [1.29, 1.82) is 0 Å². The maximum atomic E-state index is 5.81. The third kappa shape index (κ3) is 2.14. The standard InChI is InChI=1S/C11H7BrClN/c12-10-3-1-2-8(6-10)9-4-5-14-11(13)7-9/h1-7H. The second-order valence-electron chi connectivity index (χ2n) is 2.88. The van der Waals surface area contributed by atoms with Gasteiger partial charge in [0.05, 0.1) is 0 Å². The Kier molecular flexibility index (Phi) is 2.85. The van der Waals surface area contributed by atoms with Crippen LogP contribution >= 0.6 is 27.5 Å². The van der Waals surface area contributed by atoms with Crippen molar-refractivity contribution in [3.8, 4) is 11.1 Å². The van der Waals surface area contributed by atoms with E-state index in [-0.39, 0.29) is 0 Å². The molecule has 0 saturated carbocycles. The monoisotopic (exact) mass is 267 g/mol. The van der Waals surface area contributed by atoms with Crippen LogP contribution in [0, 0.1) is 0 Å². The van der Waals surface area contributed by atoms with Crippen molar-refractivity contribution in [2.45, 2.75) is 0 Å². The summed E-state index contributed by atoms with van der Waals surface area (Å²) >= 11 is 9.24. The van der Waals surface area contributed by atoms with Crippen LogP contribution in [0.1, 0.15) is 0 Å². The number of rotatable bonds is 1. The first kappa shape index (κ1) is 9.69. The molecule has 0 radical (unpaired) electrons. The maximum absolute atomic E-state index is 5.81. The number of pyridine rings is 1. The molecular formula is C11H7BrClN. The van der Waals surface area contributed by atoms with E-state index in [9.17, 15) is 0 Å². The van der Waals surface area contributed by atoms with E-state index in [4.69, 9.17) is 11.6 Å². The molecule has 1 aromatic heterocycles. The van der Waals surface area contributed by atoms with Crippen LogP contribution in [0.3, 0.4) is 0 Å². The molecular weight excluding hydrogens is 261 g/mol. The highest BCUT2D eigenvalue weighted by Crippen LogP contribution is 2.23. The van der Waals surface area contributed by atoms with E-state index >= 15 is 0 Å². The maximum Gasteiger partial charge on any atom is 0.129 e. The average molecular weight is 269 g/mol. The first-order valence-corrected chi connectivity index (χ1v) is 5.30. The van der Waals surface area contributed by atoms with Gasteiger partial charge < -0.3 is 0 Å². The van der Waals surface area contributed by atoms with Gasteiger partial charge in [0.1, 0.15) is 5.15 Å². The summed E-state index contributed by atoms with van der Waals surface area (Å²) in [6.45, 7) is 0. The van der Waals surface area contributed by atoms with E-state index in [0.717, 1.165) is 15.6 Å². The number of nitrogens with zero attached hydrogens (tertiary/aromatic N) is 1. The summed E-state index contributed by atoms with van der Waals surface area (Å²) in [5.74, 6) is 0. The molecule has 3 heteroatoms. The lowest BCUT2D eigenvalue weighted by Gasteiger charge is -2.01. The van der Waals surface area contributed by atoms with Gasteiger partial charge in [-0.25, -0.2) is 4.98 Å². The zero-order valence-electron chi connectivity index (χ0n) is 7.24. The molecule has 2 rings (SSSR count). The van der Waals surface area contributed by atoms with Crippen molar-refractivity contribution in [3.05, 3.63) is 52.2 Å². The molecule has 0 amide bonds. The summed E-state index contributed by atoms with van der Waals surface area (Å²) in [5.41, 5.74) is 2.20. The zero-order valence-corrected chi connectivity index (χ0v) is 9.59. The van der Waals surface area contributed by atoms with E-state index in [1.165, 1.54) is 0 Å². The number of hydrogen-bond donors (Lipinski definition) is 0. The molecule has 1 heterocycles. The summed E-state index contributed by atoms with van der Waals surface area (Å²) < 4.78 is 1.06. The van der Waals surface area contributed by atoms with Crippen LogP contribution in [0.4, 0.5) is 0 Å². The molecule has 70 valence electrons. The molecule has 0 aliphatic heterocycles. The fourth-order valence-electron chi connectivity index (χ4n) is 1.25. The Hall–Kier alpha value is -0.860. The molecule has 0 saturated heterocycles. The van der Waals surface area contributed by atoms with Crippen LogP contribution in [0.2, 0.25) is 5.15 Å². The highest BCUT2D eigenvalue weighted by atomic mass is 79.9. The van der Waals surface area contributed by atoms with Crippen LogP contribution < -0.4 is 0 Å². The molecule has 0 N–H and O–H groups in total. The largest absolute Gasteiger partial charge is 0.245 e. The number of benzene rings is 1. The molecule has 1 aromatic carbocycles. The van der Waals surface area contributed by atoms with E-state index in [0.29, 0.717) is 5.15 Å². The number of halogens is 2. The molecule has 0 unspecified atom stereocenters. The smallest absolute Gasteiger partial charge is 0.129 e. The van der Waals surface area contributed by atoms with E-state index < -0.39 is 0 Å². The number of hydrogen-bond acceptors (Lipinski definition) is 1. The Balaban J connectivity index is 2.49. The molecule has 1 nitrogen and oxygen atoms in total. The van der Waals surface area contributed by atoms with Gasteiger partial charge in [-0.3, -0.25) is 0 Å². The van der Waals surface area contributed by atoms with Crippen LogP contribution in [0.25, 0.3) is 11.1 Å². The third-order valence-corrected chi connectivity index (χ3v) is 2.58. The first-order chi connectivity index (χ1) is 6.75. The van der Waals surface area contributed by atoms with Gasteiger partial charge in [-0.05, 0) is 35.4 Å². The minimum atomic E-state index is 0.516. The van der Waals surface area contributed by atoms with E-state index in [1.807, 2.05) is 36.4 Å². The summed E-state index contributed by atoms with van der Waals surface area (Å²) in [4.78, 5) is 3.94. The minimum Gasteiger partial charge on any atom is -0.245 e. The van der Waals surface area contributed by atoms with Gasteiger partial charge in [-0.2, -0.15) is 0 Å². The highest BCUT2D eigenvalue weighted by Gasteiger charge is 1.98. The molecule has 0 aliphatic rings. The third-order valence-electron chi connectivity index (χ3n) is 1.88. The Morgan fingerprint density at radius 2 is 1.86 bits per heavy atom. The lowest BCUT2D eigenvalue weighted by molar-refractivity contribution is 1.33. The second kappa shape index (κ2) is 4.11. The molecule has 0 aliphatic carbocycles. The predicted molar refractivity (Wildman–Crippen MR) is 62.4 cm³/mol. The Morgan fingerprint density at radius 3 is 2.57 bits per heavy atom. The van der Waals surface area contributed by atoms with Crippen LogP contribution in [-0.4, -0.2) is 4.98 Å². The fraction of sp³-hybridized carbons (Fsp3) is 0. The van der Waals surface area contributed by atoms with Gasteiger partial charge in [0.15, 0.2) is 0 Å². The van der Waals surface area contributed by atoms with Crippen molar-refractivity contribution in [1.82, 2.24) is 4.98 Å². The van der Waals surface area contributed by atoms with Gasteiger partial charge in [0, 0.05) is 10.7 Å². The van der Waals surface area contributed by atoms with Gasteiger partial charge in [-0.1, -0.05) is 39.7 Å². The van der Waals surface area contributed by atoms with Crippen molar-refractivity contribution in [2.24, 2.45) is 0 Å². The summed E-state index contributed by atoms with van der Waals surface area (Å²) in [6.07, 6.45) is 1.71. The molecule has 14 heavy (non-hydrogen) atoms. The highest BCUT2D eigenvalue weighted by molar-refractivity contribution is 9.10. The van der Waals surface area contributed by atoms with Crippen molar-refractivity contribution in [3.63, 3.8) is 0 Å². The minimum absolute atomic E-state index is 0.516. The van der Waals surface area contributed by atoms with Gasteiger partial charge in [0.25, 0.3) is 0 Å². The number of aromatic nitrogens is 1. The molecule has 2 aromatic rings. The van der Waals surface area contributed by atoms with Gasteiger partial charge in [-0.15, -0.1) is 0 Å². The van der Waals surface area contributed by atoms with E-state index in [2.05, 4.69) is 20.9 Å². The molecule has 0 bridgehead atoms. The summed E-state index contributed by atoms with van der Waals surface area (Å²) in [5, 5.41) is 0.516. The lowest BCUT2D eigenvalue weighted by Crippen LogP contribution is -1.79. The van der Waals surface area contributed by atoms with Crippen molar-refractivity contribution in [2.75, 3.05) is 0 Å². The Bertz CT molecular complexity index is 413. The fourth-order valence-corrected chi connectivity index (χ4v) is 1.82. The normalized spacial score (nSPS) is 10.1. The lowest BCUT2D eigenvalue weighted by atomic mass is 10.1. The topological polar surface area (TPSA) is 12.9 Å². The second-order valence-corrected chi connectivity index (χ2v) is 4.18. The molecule has 0 spiro atoms. The van der Waals surface area contributed by atoms with Gasteiger partial charge >= 0.3 is 0 Å². The molecule has 0 atom stereocenters. The van der Waals surface area contributed by atoms with E-state index in [1.54, 1.807) is 6.20 Å². The summed E-state index contributed by atoms with van der Waals surface area (Å²) in [6, 6.07) is 11.9. The summed E-state index contributed by atoms with van der Waals surface area (Å²) in [7, 11) is 0. The van der Waals surface area contributed by atoms with Crippen LogP contribution in [-0.2, 0) is 0 Å². The Morgan fingerprint density at radius 1 is 1.07 bits per heavy atom. The van der Waals surface area contributed by atoms with Gasteiger partial charge in [0.2, 0.25) is 0 Å². The van der Waals surface area contributed by atoms with Crippen LogP contribution in [0.5, 0.6) is 0 Å². The van der Waals surface area contributed by atoms with Crippen molar-refractivity contribution < 1.29 is 0 Å². The van der Waals surface area contributed by atoms with Crippen molar-refractivity contribution >= 4 is 27.5 Å². The first-order valence-electron chi connectivity index (χ1n) is 4.13. The van der Waals surface area contributed by atoms with Crippen LogP contribution in [0.15, 0.2) is 47.1 Å². The predicted octanol–water partition coefficient (Wildman–Crippen LogP) is 4.16. The average Bonchev–Trinajstić information content (AvgIpc) is 2.18. The SMILES string of the molecule is Clc1cc(-c2cccc(Br)c2)ccn1.